The summed E-state index contributed by atoms with van der Waals surface area (Å²) in [5.74, 6) is -3.15. The van der Waals surface area contributed by atoms with Crippen LogP contribution in [0.25, 0.3) is 0 Å². The van der Waals surface area contributed by atoms with Crippen LogP contribution in [0, 0.1) is 11.8 Å². The van der Waals surface area contributed by atoms with E-state index in [4.69, 9.17) is 11.6 Å². The summed E-state index contributed by atoms with van der Waals surface area (Å²) >= 11 is 16.7. The molecule has 0 aromatic heterocycles. The molecule has 1 saturated heterocycles. The van der Waals surface area contributed by atoms with E-state index in [0.29, 0.717) is 18.4 Å². The van der Waals surface area contributed by atoms with Gasteiger partial charge in [0.1, 0.15) is 6.54 Å². The summed E-state index contributed by atoms with van der Waals surface area (Å²) in [6, 6.07) is 13.0. The zero-order chi connectivity index (χ0) is 23.9. The van der Waals surface area contributed by atoms with Crippen LogP contribution in [0.5, 0.6) is 0 Å². The van der Waals surface area contributed by atoms with E-state index in [1.54, 1.807) is 42.5 Å². The third-order valence-corrected chi connectivity index (χ3v) is 9.52. The Hall–Kier alpha value is -1.55. The van der Waals surface area contributed by atoms with Crippen LogP contribution in [0.1, 0.15) is 33.6 Å². The molecule has 172 valence electrons. The first-order valence-corrected chi connectivity index (χ1v) is 13.2. The van der Waals surface area contributed by atoms with Crippen LogP contribution >= 0.6 is 59.4 Å². The van der Waals surface area contributed by atoms with Gasteiger partial charge in [-0.3, -0.25) is 19.2 Å². The first kappa shape index (κ1) is 24.6. The Morgan fingerprint density at radius 1 is 0.939 bits per heavy atom. The lowest BCUT2D eigenvalue weighted by Crippen LogP contribution is -2.52. The highest BCUT2D eigenvalue weighted by atomic mass is 79.9. The number of hydrazine groups is 1. The fourth-order valence-electron chi connectivity index (χ4n) is 4.19. The van der Waals surface area contributed by atoms with E-state index in [1.807, 2.05) is 0 Å². The molecule has 2 aromatic rings. The molecule has 2 aliphatic rings. The van der Waals surface area contributed by atoms with Crippen molar-refractivity contribution >= 4 is 82.9 Å². The second kappa shape index (κ2) is 9.98. The largest absolute Gasteiger partial charge is 0.292 e. The third-order valence-electron chi connectivity index (χ3n) is 5.93. The van der Waals surface area contributed by atoms with Gasteiger partial charge in [-0.25, -0.2) is 5.01 Å². The van der Waals surface area contributed by atoms with Crippen LogP contribution in [-0.4, -0.2) is 49.7 Å². The number of nitrogens with zero attached hydrogens (tertiary/aromatic N) is 2. The second-order valence-electron chi connectivity index (χ2n) is 7.98. The molecule has 2 aromatic carbocycles. The lowest BCUT2D eigenvalue weighted by Gasteiger charge is -2.30. The summed E-state index contributed by atoms with van der Waals surface area (Å²) < 4.78 is 0.797. The number of fused-ring (bicyclic) bond motifs is 1. The molecule has 0 N–H and O–H groups in total. The molecule has 4 atom stereocenters. The summed E-state index contributed by atoms with van der Waals surface area (Å²) in [7, 11) is 0. The lowest BCUT2D eigenvalue weighted by atomic mass is 9.81. The summed E-state index contributed by atoms with van der Waals surface area (Å²) in [5.41, 5.74) is 0.461. The summed E-state index contributed by atoms with van der Waals surface area (Å²) in [6.45, 7) is -0.474. The normalized spacial score (nSPS) is 24.5. The highest BCUT2D eigenvalue weighted by Crippen LogP contribution is 2.43. The molecular weight excluding hydrogens is 643 g/mol. The van der Waals surface area contributed by atoms with Gasteiger partial charge in [-0.15, -0.1) is 0 Å². The first-order valence-electron chi connectivity index (χ1n) is 10.2. The fourth-order valence-corrected chi connectivity index (χ4v) is 5.90. The molecule has 2 fully saturated rings. The predicted octanol–water partition coefficient (Wildman–Crippen LogP) is 5.26. The van der Waals surface area contributed by atoms with E-state index in [-0.39, 0.29) is 20.2 Å². The average Bonchev–Trinajstić information content (AvgIpc) is 3.02. The highest BCUT2D eigenvalue weighted by Gasteiger charge is 2.54. The second-order valence-corrected chi connectivity index (χ2v) is 11.7. The lowest BCUT2D eigenvalue weighted by molar-refractivity contribution is -0.154. The van der Waals surface area contributed by atoms with Crippen molar-refractivity contribution in [2.45, 2.75) is 22.5 Å². The summed E-state index contributed by atoms with van der Waals surface area (Å²) in [6.07, 6.45) is 0.910. The number of amides is 3. The number of ketones is 1. The van der Waals surface area contributed by atoms with Gasteiger partial charge in [0, 0.05) is 19.7 Å². The van der Waals surface area contributed by atoms with E-state index in [9.17, 15) is 19.2 Å². The third kappa shape index (κ3) is 4.83. The Morgan fingerprint density at radius 2 is 1.48 bits per heavy atom. The average molecular weight is 662 g/mol. The van der Waals surface area contributed by atoms with Crippen molar-refractivity contribution in [3.05, 3.63) is 69.2 Å². The maximum absolute atomic E-state index is 13.5. The van der Waals surface area contributed by atoms with Gasteiger partial charge in [0.25, 0.3) is 17.7 Å². The zero-order valence-corrected chi connectivity index (χ0v) is 22.6. The Kier molecular flexibility index (Phi) is 7.43. The summed E-state index contributed by atoms with van der Waals surface area (Å²) in [4.78, 5) is 53.3. The maximum Gasteiger partial charge on any atom is 0.274 e. The number of benzene rings is 2. The molecule has 1 saturated carbocycles. The fraction of sp³-hybridized carbons (Fsp3) is 0.304. The molecule has 10 heteroatoms. The van der Waals surface area contributed by atoms with Crippen LogP contribution in [0.3, 0.4) is 0 Å². The van der Waals surface area contributed by atoms with Crippen LogP contribution in [0.15, 0.2) is 53.0 Å². The molecule has 1 aliphatic heterocycles. The quantitative estimate of drug-likeness (QED) is 0.249. The van der Waals surface area contributed by atoms with Crippen LogP contribution < -0.4 is 0 Å². The molecule has 33 heavy (non-hydrogen) atoms. The molecule has 1 heterocycles. The Bertz CT molecular complexity index is 1100. The Labute approximate surface area is 221 Å². The van der Waals surface area contributed by atoms with Crippen LogP contribution in [-0.2, 0) is 9.59 Å². The van der Waals surface area contributed by atoms with Gasteiger partial charge >= 0.3 is 0 Å². The minimum atomic E-state index is -0.683. The van der Waals surface area contributed by atoms with Crippen molar-refractivity contribution < 1.29 is 19.2 Å². The number of Topliss-reactive ketones (excluding diaryl/α,β-unsaturated/α-hetero) is 1. The van der Waals surface area contributed by atoms with Crippen LogP contribution in [0.4, 0.5) is 0 Å². The molecule has 6 nitrogen and oxygen atoms in total. The molecule has 0 bridgehead atoms. The maximum atomic E-state index is 13.5. The van der Waals surface area contributed by atoms with E-state index < -0.39 is 41.9 Å². The standard InChI is InChI=1S/C23H18Br3ClN2O4/c24-13-7-5-12(6-8-13)20(30)11-28(21(31)14-3-1-2-4-19(14)27)29-22(32)15-9-17(25)18(26)10-16(15)23(29)33/h1-8,15-18H,9-11H2/t15-,16-,17-,18+/m1/s1. The van der Waals surface area contributed by atoms with Gasteiger partial charge in [0.05, 0.1) is 22.4 Å². The number of carbonyl (C=O) groups excluding carboxylic acids is 4. The van der Waals surface area contributed by atoms with Gasteiger partial charge in [-0.2, -0.15) is 5.01 Å². The Morgan fingerprint density at radius 3 is 2.03 bits per heavy atom. The molecule has 0 unspecified atom stereocenters. The minimum absolute atomic E-state index is 0.0209. The predicted molar refractivity (Wildman–Crippen MR) is 134 cm³/mol. The molecule has 1 aliphatic carbocycles. The van der Waals surface area contributed by atoms with Gasteiger partial charge in [-0.05, 0) is 37.1 Å². The van der Waals surface area contributed by atoms with E-state index >= 15 is 0 Å². The molecule has 0 spiro atoms. The zero-order valence-electron chi connectivity index (χ0n) is 17.1. The monoisotopic (exact) mass is 658 g/mol. The van der Waals surface area contributed by atoms with Crippen molar-refractivity contribution in [2.75, 3.05) is 6.54 Å². The number of carbonyl (C=O) groups is 4. The van der Waals surface area contributed by atoms with Crippen molar-refractivity contribution in [3.8, 4) is 0 Å². The summed E-state index contributed by atoms with van der Waals surface area (Å²) in [5, 5.41) is 1.98. The molecule has 3 amide bonds. The number of halogens is 4. The van der Waals surface area contributed by atoms with E-state index in [2.05, 4.69) is 47.8 Å². The van der Waals surface area contributed by atoms with E-state index in [0.717, 1.165) is 14.5 Å². The van der Waals surface area contributed by atoms with E-state index in [1.165, 1.54) is 6.07 Å². The number of hydrogen-bond acceptors (Lipinski definition) is 4. The topological polar surface area (TPSA) is 74.8 Å². The molecular formula is C23H18Br3ClN2O4. The van der Waals surface area contributed by atoms with Crippen LogP contribution in [0.2, 0.25) is 5.02 Å². The Balaban J connectivity index is 1.71. The highest BCUT2D eigenvalue weighted by molar-refractivity contribution is 9.12. The van der Waals surface area contributed by atoms with Crippen molar-refractivity contribution in [1.29, 1.82) is 0 Å². The molecule has 0 radical (unpaired) electrons. The van der Waals surface area contributed by atoms with Gasteiger partial charge in [-0.1, -0.05) is 83.7 Å². The SMILES string of the molecule is O=C(CN(C(=O)c1ccccc1Cl)N1C(=O)[C@@H]2C[C@@H](Br)[C@@H](Br)C[C@H]2C1=O)c1ccc(Br)cc1. The van der Waals surface area contributed by atoms with Crippen molar-refractivity contribution in [1.82, 2.24) is 10.0 Å². The molecule has 4 rings (SSSR count). The van der Waals surface area contributed by atoms with Gasteiger partial charge in [0.2, 0.25) is 0 Å². The number of alkyl halides is 2. The van der Waals surface area contributed by atoms with Gasteiger partial charge < -0.3 is 0 Å². The van der Waals surface area contributed by atoms with Crippen molar-refractivity contribution in [3.63, 3.8) is 0 Å². The smallest absolute Gasteiger partial charge is 0.274 e. The van der Waals surface area contributed by atoms with Gasteiger partial charge in [0.15, 0.2) is 5.78 Å². The number of imide groups is 1. The van der Waals surface area contributed by atoms with Crippen molar-refractivity contribution in [2.24, 2.45) is 11.8 Å². The minimum Gasteiger partial charge on any atom is -0.292 e. The first-order chi connectivity index (χ1) is 15.7. The number of rotatable bonds is 5. The number of hydrogen-bond donors (Lipinski definition) is 0.